The Hall–Kier alpha value is -2.92. The summed E-state index contributed by atoms with van der Waals surface area (Å²) in [6, 6.07) is 6.71. The van der Waals surface area contributed by atoms with Crippen LogP contribution in [0, 0.1) is 11.6 Å². The van der Waals surface area contributed by atoms with Crippen molar-refractivity contribution >= 4 is 21.6 Å². The third-order valence-corrected chi connectivity index (χ3v) is 8.12. The number of aryl methyl sites for hydroxylation is 1. The summed E-state index contributed by atoms with van der Waals surface area (Å²) in [6.07, 6.45) is 1.25. The van der Waals surface area contributed by atoms with E-state index in [4.69, 9.17) is 9.47 Å². The van der Waals surface area contributed by atoms with E-state index in [0.717, 1.165) is 6.07 Å². The first kappa shape index (κ1) is 24.2. The van der Waals surface area contributed by atoms with E-state index in [2.05, 4.69) is 0 Å². The van der Waals surface area contributed by atoms with Crippen LogP contribution in [0.1, 0.15) is 12.0 Å². The molecule has 1 saturated heterocycles. The minimum absolute atomic E-state index is 0.00163. The van der Waals surface area contributed by atoms with E-state index < -0.39 is 21.7 Å². The third-order valence-electron chi connectivity index (χ3n) is 6.20. The van der Waals surface area contributed by atoms with Crippen LogP contribution in [0.2, 0.25) is 0 Å². The Bertz CT molecular complexity index is 1180. The molecule has 2 aliphatic rings. The highest BCUT2D eigenvalue weighted by Crippen LogP contribution is 2.32. The molecule has 1 amide bonds. The number of nitrogens with zero attached hydrogens (tertiary/aromatic N) is 3. The molecule has 0 atom stereocenters. The van der Waals surface area contributed by atoms with Gasteiger partial charge in [-0.25, -0.2) is 17.2 Å². The lowest BCUT2D eigenvalue weighted by molar-refractivity contribution is -0.130. The lowest BCUT2D eigenvalue weighted by Gasteiger charge is -2.37. The van der Waals surface area contributed by atoms with Gasteiger partial charge in [0.15, 0.2) is 0 Å². The van der Waals surface area contributed by atoms with Crippen LogP contribution in [0.25, 0.3) is 0 Å². The summed E-state index contributed by atoms with van der Waals surface area (Å²) >= 11 is 0. The first-order valence-corrected chi connectivity index (χ1v) is 12.4. The Morgan fingerprint density at radius 2 is 1.74 bits per heavy atom. The van der Waals surface area contributed by atoms with Crippen LogP contribution in [0.5, 0.6) is 11.5 Å². The summed E-state index contributed by atoms with van der Waals surface area (Å²) in [5.74, 6) is -0.934. The number of piperazine rings is 1. The number of sulfonamides is 1. The van der Waals surface area contributed by atoms with Crippen molar-refractivity contribution in [3.63, 3.8) is 0 Å². The Balaban J connectivity index is 1.44. The van der Waals surface area contributed by atoms with Gasteiger partial charge in [0.1, 0.15) is 28.0 Å². The second-order valence-corrected chi connectivity index (χ2v) is 10.1. The normalized spacial score (nSPS) is 16.8. The highest BCUT2D eigenvalue weighted by atomic mass is 32.2. The lowest BCUT2D eigenvalue weighted by atomic mass is 10.0. The molecule has 8 nitrogen and oxygen atoms in total. The van der Waals surface area contributed by atoms with Gasteiger partial charge in [-0.15, -0.1) is 0 Å². The Labute approximate surface area is 197 Å². The van der Waals surface area contributed by atoms with Gasteiger partial charge >= 0.3 is 0 Å². The molecule has 4 rings (SSSR count). The topological polar surface area (TPSA) is 79.4 Å². The van der Waals surface area contributed by atoms with Crippen LogP contribution in [0.15, 0.2) is 35.2 Å². The zero-order valence-corrected chi connectivity index (χ0v) is 19.9. The van der Waals surface area contributed by atoms with Crippen molar-refractivity contribution in [2.75, 3.05) is 58.4 Å². The van der Waals surface area contributed by atoms with Crippen LogP contribution in [0.3, 0.4) is 0 Å². The van der Waals surface area contributed by atoms with E-state index in [1.165, 1.54) is 36.7 Å². The largest absolute Gasteiger partial charge is 0.497 e. The second kappa shape index (κ2) is 9.75. The number of fused-ring (bicyclic) bond motifs is 1. The number of methoxy groups -OCH3 is 2. The van der Waals surface area contributed by atoms with Gasteiger partial charge in [-0.2, -0.15) is 4.31 Å². The molecule has 0 radical (unpaired) electrons. The fourth-order valence-electron chi connectivity index (χ4n) is 4.46. The standard InChI is InChI=1S/C23H27F2N3O5S/c1-32-18-5-6-20(33-2)21(14-18)34(30,31)28-10-8-26(9-11-28)22(29)15-27-7-3-4-16-12-17(24)13-19(25)23(16)27/h5-6,12-14H,3-4,7-11,15H2,1-2H3. The molecule has 0 aromatic heterocycles. The fraction of sp³-hybridized carbons (Fsp3) is 0.435. The molecule has 0 bridgehead atoms. The van der Waals surface area contributed by atoms with Gasteiger partial charge in [-0.05, 0) is 36.6 Å². The minimum Gasteiger partial charge on any atom is -0.497 e. The molecule has 0 saturated carbocycles. The summed E-state index contributed by atoms with van der Waals surface area (Å²) in [7, 11) is -1.02. The number of benzene rings is 2. The van der Waals surface area contributed by atoms with E-state index in [9.17, 15) is 22.0 Å². The van der Waals surface area contributed by atoms with E-state index in [1.807, 2.05) is 0 Å². The van der Waals surface area contributed by atoms with Crippen LogP contribution in [-0.2, 0) is 21.2 Å². The molecule has 2 aliphatic heterocycles. The Morgan fingerprint density at radius 1 is 1.00 bits per heavy atom. The summed E-state index contributed by atoms with van der Waals surface area (Å²) in [5, 5.41) is 0. The molecule has 34 heavy (non-hydrogen) atoms. The number of halogens is 2. The van der Waals surface area contributed by atoms with Crippen LogP contribution >= 0.6 is 0 Å². The lowest BCUT2D eigenvalue weighted by Crippen LogP contribution is -2.53. The van der Waals surface area contributed by atoms with Gasteiger partial charge in [-0.1, -0.05) is 0 Å². The molecule has 0 unspecified atom stereocenters. The van der Waals surface area contributed by atoms with Crippen molar-refractivity contribution in [1.29, 1.82) is 0 Å². The van der Waals surface area contributed by atoms with Crippen LogP contribution in [0.4, 0.5) is 14.5 Å². The third kappa shape index (κ3) is 4.67. The first-order valence-electron chi connectivity index (χ1n) is 11.0. The molecular weight excluding hydrogens is 468 g/mol. The number of anilines is 1. The predicted octanol–water partition coefficient (Wildman–Crippen LogP) is 2.27. The highest BCUT2D eigenvalue weighted by molar-refractivity contribution is 7.89. The average Bonchev–Trinajstić information content (AvgIpc) is 2.83. The molecule has 2 heterocycles. The average molecular weight is 496 g/mol. The summed E-state index contributed by atoms with van der Waals surface area (Å²) in [5.41, 5.74) is 0.826. The predicted molar refractivity (Wildman–Crippen MR) is 122 cm³/mol. The number of hydrogen-bond acceptors (Lipinski definition) is 6. The molecule has 2 aromatic rings. The van der Waals surface area contributed by atoms with Gasteiger partial charge in [-0.3, -0.25) is 4.79 Å². The maximum atomic E-state index is 14.4. The van der Waals surface area contributed by atoms with Crippen molar-refractivity contribution < 1.29 is 31.5 Å². The molecule has 0 aliphatic carbocycles. The molecular formula is C23H27F2N3O5S. The van der Waals surface area contributed by atoms with Gasteiger partial charge in [0.2, 0.25) is 15.9 Å². The van der Waals surface area contributed by atoms with Crippen molar-refractivity contribution in [1.82, 2.24) is 9.21 Å². The van der Waals surface area contributed by atoms with Gasteiger partial charge in [0.25, 0.3) is 0 Å². The maximum Gasteiger partial charge on any atom is 0.247 e. The zero-order valence-electron chi connectivity index (χ0n) is 19.1. The SMILES string of the molecule is COc1ccc(OC)c(S(=O)(=O)N2CCN(C(=O)CN3CCCc4cc(F)cc(F)c43)CC2)c1. The zero-order chi connectivity index (χ0) is 24.5. The second-order valence-electron chi connectivity index (χ2n) is 8.22. The van der Waals surface area contributed by atoms with Crippen molar-refractivity contribution in [3.8, 4) is 11.5 Å². The van der Waals surface area contributed by atoms with Gasteiger partial charge < -0.3 is 19.3 Å². The number of amides is 1. The molecule has 0 N–H and O–H groups in total. The first-order chi connectivity index (χ1) is 16.2. The van der Waals surface area contributed by atoms with Gasteiger partial charge in [0, 0.05) is 44.9 Å². The van der Waals surface area contributed by atoms with E-state index >= 15 is 0 Å². The molecule has 1 fully saturated rings. The van der Waals surface area contributed by atoms with Gasteiger partial charge in [0.05, 0.1) is 26.5 Å². The summed E-state index contributed by atoms with van der Waals surface area (Å²) < 4.78 is 66.2. The molecule has 11 heteroatoms. The van der Waals surface area contributed by atoms with Crippen molar-refractivity contribution in [2.45, 2.75) is 17.7 Å². The van der Waals surface area contributed by atoms with Crippen LogP contribution < -0.4 is 14.4 Å². The smallest absolute Gasteiger partial charge is 0.247 e. The molecule has 0 spiro atoms. The number of carbonyl (C=O) groups excluding carboxylic acids is 1. The van der Waals surface area contributed by atoms with Crippen molar-refractivity contribution in [2.24, 2.45) is 0 Å². The number of ether oxygens (including phenoxy) is 2. The maximum absolute atomic E-state index is 14.4. The quantitative estimate of drug-likeness (QED) is 0.612. The highest BCUT2D eigenvalue weighted by Gasteiger charge is 2.33. The number of hydrogen-bond donors (Lipinski definition) is 0. The molecule has 2 aromatic carbocycles. The summed E-state index contributed by atoms with van der Waals surface area (Å²) in [4.78, 5) is 16.2. The fourth-order valence-corrected chi connectivity index (χ4v) is 6.05. The number of rotatable bonds is 6. The Kier molecular flexibility index (Phi) is 6.94. The Morgan fingerprint density at radius 3 is 2.41 bits per heavy atom. The van der Waals surface area contributed by atoms with Crippen molar-refractivity contribution in [3.05, 3.63) is 47.5 Å². The monoisotopic (exact) mass is 495 g/mol. The van der Waals surface area contributed by atoms with E-state index in [1.54, 1.807) is 15.9 Å². The van der Waals surface area contributed by atoms with E-state index in [-0.39, 0.29) is 55.0 Å². The number of carbonyl (C=O) groups is 1. The van der Waals surface area contributed by atoms with E-state index in [0.29, 0.717) is 30.7 Å². The minimum atomic E-state index is -3.87. The van der Waals surface area contributed by atoms with Crippen LogP contribution in [-0.4, -0.2) is 77.0 Å². The summed E-state index contributed by atoms with van der Waals surface area (Å²) in [6.45, 7) is 1.08. The molecule has 184 valence electrons.